The van der Waals surface area contributed by atoms with Gasteiger partial charge >= 0.3 is 18.5 Å². The maximum absolute atomic E-state index is 10.3. The Kier molecular flexibility index (Phi) is 58.5. The first kappa shape index (κ1) is 37.8. The quantitative estimate of drug-likeness (QED) is 0.278. The van der Waals surface area contributed by atoms with Crippen LogP contribution in [0.15, 0.2) is 0 Å². The summed E-state index contributed by atoms with van der Waals surface area (Å²) in [5, 5.41) is 0. The minimum absolute atomic E-state index is 0. The van der Waals surface area contributed by atoms with Gasteiger partial charge in [0.2, 0.25) is 0 Å². The number of hydrogen-bond acceptors (Lipinski definition) is 11. The predicted octanol–water partition coefficient (Wildman–Crippen LogP) is 0.578. The van der Waals surface area contributed by atoms with E-state index in [1.54, 1.807) is 6.92 Å². The molecule has 0 rings (SSSR count). The van der Waals surface area contributed by atoms with Gasteiger partial charge in [-0.15, -0.1) is 0 Å². The van der Waals surface area contributed by atoms with Crippen LogP contribution in [0.4, 0.5) is 9.59 Å². The van der Waals surface area contributed by atoms with Crippen LogP contribution in [0.1, 0.15) is 20.8 Å². The van der Waals surface area contributed by atoms with Gasteiger partial charge in [-0.25, -0.2) is 19.4 Å². The van der Waals surface area contributed by atoms with Gasteiger partial charge in [0.1, 0.15) is 0 Å². The van der Waals surface area contributed by atoms with Gasteiger partial charge in [-0.2, -0.15) is 9.59 Å². The average molecular weight is 363 g/mol. The lowest BCUT2D eigenvalue weighted by Crippen LogP contribution is -2.07. The summed E-state index contributed by atoms with van der Waals surface area (Å²) in [7, 11) is 3.95. The van der Waals surface area contributed by atoms with Gasteiger partial charge in [-0.05, 0) is 6.92 Å². The van der Waals surface area contributed by atoms with Crippen molar-refractivity contribution >= 4 is 18.5 Å². The van der Waals surface area contributed by atoms with Crippen molar-refractivity contribution in [3.05, 3.63) is 0 Å². The number of hydrogen-bond donors (Lipinski definition) is 0. The third-order valence-electron chi connectivity index (χ3n) is 1.31. The minimum atomic E-state index is -0.678. The zero-order valence-corrected chi connectivity index (χ0v) is 13.4. The lowest BCUT2D eigenvalue weighted by Gasteiger charge is -2.01. The van der Waals surface area contributed by atoms with E-state index in [2.05, 4.69) is 28.7 Å². The first-order valence-electron chi connectivity index (χ1n) is 5.60. The molecule has 0 aromatic carbocycles. The van der Waals surface area contributed by atoms with Gasteiger partial charge in [0.15, 0.2) is 0 Å². The van der Waals surface area contributed by atoms with Crippen molar-refractivity contribution in [2.75, 3.05) is 41.2 Å². The smallest absolute Gasteiger partial charge is 0.507 e. The Morgan fingerprint density at radius 3 is 1.62 bits per heavy atom. The zero-order valence-electron chi connectivity index (χ0n) is 13.4. The molecule has 0 unspecified atom stereocenters. The fourth-order valence-electron chi connectivity index (χ4n) is 0.592. The van der Waals surface area contributed by atoms with Crippen LogP contribution in [0.5, 0.6) is 0 Å². The summed E-state index contributed by atoms with van der Waals surface area (Å²) in [4.78, 5) is 45.4. The Morgan fingerprint density at radius 2 is 1.33 bits per heavy atom. The lowest BCUT2D eigenvalue weighted by molar-refractivity contribution is -0.273. The van der Waals surface area contributed by atoms with Crippen LogP contribution in [0.2, 0.25) is 0 Å². The van der Waals surface area contributed by atoms with E-state index in [9.17, 15) is 9.59 Å². The van der Waals surface area contributed by atoms with Gasteiger partial charge in [-0.3, -0.25) is 0 Å². The highest BCUT2D eigenvalue weighted by Crippen LogP contribution is 1.87. The molecule has 0 spiro atoms. The zero-order chi connectivity index (χ0) is 16.9. The fraction of sp³-hybridized carbons (Fsp3) is 0.750. The summed E-state index contributed by atoms with van der Waals surface area (Å²) in [6.07, 6.45) is -0.465. The highest BCUT2D eigenvalue weighted by atomic mass is 17.2. The number of ether oxygens (including phenoxy) is 4. The fourth-order valence-corrected chi connectivity index (χ4v) is 0.592. The molecule has 0 aliphatic carbocycles. The monoisotopic (exact) mass is 363 g/mol. The lowest BCUT2D eigenvalue weighted by atomic mass is 10.5. The van der Waals surface area contributed by atoms with Crippen molar-refractivity contribution in [2.45, 2.75) is 20.8 Å². The molecule has 24 heavy (non-hydrogen) atoms. The molecule has 0 aromatic heterocycles. The second-order valence-corrected chi connectivity index (χ2v) is 2.62. The Hall–Kier alpha value is -2.24. The molecule has 0 atom stereocenters. The third-order valence-corrected chi connectivity index (χ3v) is 1.31. The Morgan fingerprint density at radius 1 is 0.917 bits per heavy atom. The molecule has 0 aliphatic rings. The average Bonchev–Trinajstić information content (AvgIpc) is 2.48. The van der Waals surface area contributed by atoms with E-state index < -0.39 is 12.3 Å². The van der Waals surface area contributed by atoms with E-state index in [4.69, 9.17) is 9.59 Å². The Labute approximate surface area is 140 Å². The van der Waals surface area contributed by atoms with Gasteiger partial charge in [0.05, 0.1) is 41.2 Å². The van der Waals surface area contributed by atoms with Crippen molar-refractivity contribution in [1.29, 1.82) is 0 Å². The van der Waals surface area contributed by atoms with Crippen LogP contribution >= 0.6 is 0 Å². The number of methoxy groups -OCH3 is 2. The Balaban J connectivity index is -0.0000000548. The molecule has 0 aromatic rings. The second kappa shape index (κ2) is 37.2. The number of carbonyl (C=O) groups is 2. The molecular weight excluding hydrogens is 336 g/mol. The standard InChI is InChI=1S/C6H12O5.C4H8O3.CO2.CH4.2H2O/c1-8-6(7)10-4-3-5-11-9-2;1-3-7-4(5)6-2;2-1-3;;;/h3-5H2,1-2H3;3H2,1-2H3;;1H4;2*1H2/p-1. The maximum Gasteiger partial charge on any atom is 0.507 e. The van der Waals surface area contributed by atoms with E-state index >= 15 is 0 Å². The van der Waals surface area contributed by atoms with Crippen LogP contribution in [-0.2, 0) is 38.3 Å². The van der Waals surface area contributed by atoms with E-state index in [0.717, 1.165) is 0 Å². The van der Waals surface area contributed by atoms with Crippen molar-refractivity contribution in [3.8, 4) is 0 Å². The van der Waals surface area contributed by atoms with Crippen LogP contribution in [0.3, 0.4) is 0 Å². The molecule has 148 valence electrons. The van der Waals surface area contributed by atoms with Crippen molar-refractivity contribution in [3.63, 3.8) is 0 Å². The van der Waals surface area contributed by atoms with Gasteiger partial charge in [0, 0.05) is 6.42 Å². The van der Waals surface area contributed by atoms with Crippen molar-refractivity contribution in [1.82, 2.24) is 0 Å². The van der Waals surface area contributed by atoms with Crippen LogP contribution < -0.4 is 0 Å². The third kappa shape index (κ3) is 50.3. The topological polar surface area (TPSA) is 185 Å². The molecule has 0 saturated heterocycles. The first-order valence-corrected chi connectivity index (χ1v) is 5.60. The van der Waals surface area contributed by atoms with E-state index in [1.807, 2.05) is 0 Å². The summed E-state index contributed by atoms with van der Waals surface area (Å²) in [5.41, 5.74) is 0. The summed E-state index contributed by atoms with van der Waals surface area (Å²) >= 11 is 0. The molecule has 0 radical (unpaired) electrons. The molecule has 0 aliphatic heterocycles. The second-order valence-electron chi connectivity index (χ2n) is 2.62. The molecule has 0 bridgehead atoms. The maximum atomic E-state index is 10.3. The van der Waals surface area contributed by atoms with E-state index in [0.29, 0.717) is 19.6 Å². The van der Waals surface area contributed by atoms with Crippen LogP contribution in [0.25, 0.3) is 0 Å². The highest BCUT2D eigenvalue weighted by Gasteiger charge is 1.98. The molecule has 0 saturated carbocycles. The first-order chi connectivity index (χ1) is 10.0. The highest BCUT2D eigenvalue weighted by molar-refractivity contribution is 5.59. The number of carbonyl (C=O) groups excluding carboxylic acids is 4. The summed E-state index contributed by atoms with van der Waals surface area (Å²) in [6, 6.07) is 0. The Bertz CT molecular complexity index is 275. The summed E-state index contributed by atoms with van der Waals surface area (Å²) in [5.74, 6) is 0. The molecule has 0 fully saturated rings. The normalized spacial score (nSPS) is 6.83. The molecular formula is C12H27O12-. The summed E-state index contributed by atoms with van der Waals surface area (Å²) in [6.45, 7) is 2.76. The molecule has 12 heteroatoms. The molecule has 0 amide bonds. The van der Waals surface area contributed by atoms with Gasteiger partial charge in [-0.1, -0.05) is 7.43 Å². The summed E-state index contributed by atoms with van der Waals surface area (Å²) < 4.78 is 17.2. The van der Waals surface area contributed by atoms with Crippen LogP contribution in [-0.4, -0.2) is 70.6 Å². The van der Waals surface area contributed by atoms with Gasteiger partial charge in [0.25, 0.3) is 0 Å². The van der Waals surface area contributed by atoms with Crippen molar-refractivity contribution < 1.29 is 58.9 Å². The van der Waals surface area contributed by atoms with E-state index in [-0.39, 0.29) is 31.1 Å². The SMILES string of the molecule is C.CCOC(=O)OC.COOCCCOC(=O)OC.O.O=C=O.[OH-]. The molecule has 3 N–H and O–H groups in total. The van der Waals surface area contributed by atoms with Crippen LogP contribution in [0, 0.1) is 0 Å². The molecule has 0 heterocycles. The largest absolute Gasteiger partial charge is 0.870 e. The molecule has 12 nitrogen and oxygen atoms in total. The predicted molar refractivity (Wildman–Crippen MR) is 77.3 cm³/mol. The minimum Gasteiger partial charge on any atom is -0.870 e. The van der Waals surface area contributed by atoms with Gasteiger partial charge < -0.3 is 29.9 Å². The van der Waals surface area contributed by atoms with E-state index in [1.165, 1.54) is 21.3 Å². The number of rotatable bonds is 6. The van der Waals surface area contributed by atoms with Crippen molar-refractivity contribution in [2.24, 2.45) is 0 Å².